The minimum absolute atomic E-state index is 0.0207. The van der Waals surface area contributed by atoms with Gasteiger partial charge in [0.1, 0.15) is 5.69 Å². The Labute approximate surface area is 119 Å². The normalized spacial score (nSPS) is 16.3. The van der Waals surface area contributed by atoms with Crippen LogP contribution in [-0.4, -0.2) is 42.0 Å². The largest absolute Gasteiger partial charge is 0.465 e. The van der Waals surface area contributed by atoms with Crippen LogP contribution < -0.4 is 0 Å². The van der Waals surface area contributed by atoms with E-state index in [1.807, 2.05) is 4.90 Å². The molecule has 0 spiro atoms. The number of esters is 1. The van der Waals surface area contributed by atoms with Crippen LogP contribution in [0.3, 0.4) is 0 Å². The Hall–Kier alpha value is -1.78. The van der Waals surface area contributed by atoms with Crippen LogP contribution in [0.5, 0.6) is 0 Å². The summed E-state index contributed by atoms with van der Waals surface area (Å²) < 4.78 is 4.77. The van der Waals surface area contributed by atoms with Crippen molar-refractivity contribution in [1.29, 1.82) is 0 Å². The zero-order valence-corrected chi connectivity index (χ0v) is 12.6. The van der Waals surface area contributed by atoms with E-state index in [0.717, 1.165) is 25.9 Å². The van der Waals surface area contributed by atoms with E-state index in [1.165, 1.54) is 7.11 Å². The first kappa shape index (κ1) is 14.6. The monoisotopic (exact) mass is 278 g/mol. The Morgan fingerprint density at radius 3 is 2.40 bits per heavy atom. The van der Waals surface area contributed by atoms with Crippen molar-refractivity contribution in [2.75, 3.05) is 20.2 Å². The standard InChI is InChI=1S/C15H22N2O3/c1-9-5-7-17(8-6-9)14(18)13-10(2)12(11(3)16-13)15(19)20-4/h9,16H,5-8H2,1-4H3. The lowest BCUT2D eigenvalue weighted by Gasteiger charge is -2.30. The first-order valence-corrected chi connectivity index (χ1v) is 7.02. The van der Waals surface area contributed by atoms with Crippen LogP contribution in [-0.2, 0) is 4.74 Å². The Kier molecular flexibility index (Phi) is 4.16. The van der Waals surface area contributed by atoms with Crippen molar-refractivity contribution < 1.29 is 14.3 Å². The third kappa shape index (κ3) is 2.57. The molecule has 5 heteroatoms. The van der Waals surface area contributed by atoms with E-state index in [4.69, 9.17) is 4.74 Å². The summed E-state index contributed by atoms with van der Waals surface area (Å²) in [4.78, 5) is 29.2. The number of ether oxygens (including phenoxy) is 1. The molecule has 0 saturated carbocycles. The van der Waals surface area contributed by atoms with E-state index in [1.54, 1.807) is 13.8 Å². The van der Waals surface area contributed by atoms with Gasteiger partial charge in [0.25, 0.3) is 5.91 Å². The first-order chi connectivity index (χ1) is 9.45. The predicted octanol–water partition coefficient (Wildman–Crippen LogP) is 2.29. The molecule has 1 N–H and O–H groups in total. The maximum Gasteiger partial charge on any atom is 0.339 e. The van der Waals surface area contributed by atoms with E-state index in [0.29, 0.717) is 28.4 Å². The lowest BCUT2D eigenvalue weighted by atomic mass is 9.99. The van der Waals surface area contributed by atoms with Crippen molar-refractivity contribution in [2.45, 2.75) is 33.6 Å². The highest BCUT2D eigenvalue weighted by Crippen LogP contribution is 2.23. The first-order valence-electron chi connectivity index (χ1n) is 7.02. The number of piperidine rings is 1. The highest BCUT2D eigenvalue weighted by molar-refractivity contribution is 6.00. The molecule has 1 aromatic rings. The molecular formula is C15H22N2O3. The van der Waals surface area contributed by atoms with Crippen LogP contribution in [0.15, 0.2) is 0 Å². The maximum atomic E-state index is 12.5. The van der Waals surface area contributed by atoms with Crippen molar-refractivity contribution in [3.63, 3.8) is 0 Å². The zero-order chi connectivity index (χ0) is 14.9. The highest BCUT2D eigenvalue weighted by Gasteiger charge is 2.27. The minimum Gasteiger partial charge on any atom is -0.465 e. The van der Waals surface area contributed by atoms with E-state index in [2.05, 4.69) is 11.9 Å². The van der Waals surface area contributed by atoms with Crippen LogP contribution in [0.2, 0.25) is 0 Å². The van der Waals surface area contributed by atoms with Gasteiger partial charge in [0, 0.05) is 18.8 Å². The van der Waals surface area contributed by atoms with Crippen molar-refractivity contribution >= 4 is 11.9 Å². The number of H-pyrrole nitrogens is 1. The van der Waals surface area contributed by atoms with Gasteiger partial charge in [0.2, 0.25) is 0 Å². The van der Waals surface area contributed by atoms with Crippen LogP contribution in [0.25, 0.3) is 0 Å². The number of aryl methyl sites for hydroxylation is 1. The Balaban J connectivity index is 2.25. The topological polar surface area (TPSA) is 62.4 Å². The molecule has 0 atom stereocenters. The molecule has 1 fully saturated rings. The molecule has 1 aliphatic rings. The molecule has 0 aromatic carbocycles. The molecule has 5 nitrogen and oxygen atoms in total. The summed E-state index contributed by atoms with van der Waals surface area (Å²) in [6.45, 7) is 7.35. The summed E-state index contributed by atoms with van der Waals surface area (Å²) >= 11 is 0. The SMILES string of the molecule is COC(=O)c1c(C)[nH]c(C(=O)N2CCC(C)CC2)c1C. The van der Waals surface area contributed by atoms with Crippen LogP contribution in [0.4, 0.5) is 0 Å². The molecule has 0 unspecified atom stereocenters. The number of nitrogens with one attached hydrogen (secondary N) is 1. The quantitative estimate of drug-likeness (QED) is 0.844. The third-order valence-electron chi connectivity index (χ3n) is 4.11. The van der Waals surface area contributed by atoms with E-state index in [-0.39, 0.29) is 5.91 Å². The molecule has 2 rings (SSSR count). The number of carbonyl (C=O) groups excluding carboxylic acids is 2. The minimum atomic E-state index is -0.400. The van der Waals surface area contributed by atoms with Gasteiger partial charge in [-0.25, -0.2) is 4.79 Å². The molecule has 110 valence electrons. The van der Waals surface area contributed by atoms with E-state index >= 15 is 0 Å². The molecule has 1 amide bonds. The maximum absolute atomic E-state index is 12.5. The lowest BCUT2D eigenvalue weighted by molar-refractivity contribution is 0.0599. The second kappa shape index (κ2) is 5.69. The molecule has 20 heavy (non-hydrogen) atoms. The Morgan fingerprint density at radius 1 is 1.25 bits per heavy atom. The molecule has 1 aromatic heterocycles. The Bertz CT molecular complexity index is 525. The van der Waals surface area contributed by atoms with E-state index in [9.17, 15) is 9.59 Å². The van der Waals surface area contributed by atoms with Gasteiger partial charge in [-0.15, -0.1) is 0 Å². The summed E-state index contributed by atoms with van der Waals surface area (Å²) in [7, 11) is 1.35. The molecule has 0 bridgehead atoms. The summed E-state index contributed by atoms with van der Waals surface area (Å²) in [5.41, 5.74) is 2.35. The number of amides is 1. The average Bonchev–Trinajstić information content (AvgIpc) is 2.73. The number of hydrogen-bond acceptors (Lipinski definition) is 3. The van der Waals surface area contributed by atoms with Gasteiger partial charge in [-0.3, -0.25) is 4.79 Å². The van der Waals surface area contributed by atoms with Gasteiger partial charge in [0.15, 0.2) is 0 Å². The summed E-state index contributed by atoms with van der Waals surface area (Å²) in [6, 6.07) is 0. The molecular weight excluding hydrogens is 256 g/mol. The number of nitrogens with zero attached hydrogens (tertiary/aromatic N) is 1. The molecule has 1 aliphatic heterocycles. The van der Waals surface area contributed by atoms with Crippen molar-refractivity contribution in [3.05, 3.63) is 22.5 Å². The van der Waals surface area contributed by atoms with Crippen LogP contribution in [0, 0.1) is 19.8 Å². The van der Waals surface area contributed by atoms with Crippen LogP contribution in [0.1, 0.15) is 51.9 Å². The fourth-order valence-electron chi connectivity index (χ4n) is 2.74. The number of methoxy groups -OCH3 is 1. The van der Waals surface area contributed by atoms with Gasteiger partial charge in [-0.1, -0.05) is 6.92 Å². The number of aromatic amines is 1. The Morgan fingerprint density at radius 2 is 1.85 bits per heavy atom. The number of carbonyl (C=O) groups is 2. The van der Waals surface area contributed by atoms with E-state index < -0.39 is 5.97 Å². The number of hydrogen-bond donors (Lipinski definition) is 1. The van der Waals surface area contributed by atoms with Gasteiger partial charge >= 0.3 is 5.97 Å². The third-order valence-corrected chi connectivity index (χ3v) is 4.11. The average molecular weight is 278 g/mol. The highest BCUT2D eigenvalue weighted by atomic mass is 16.5. The lowest BCUT2D eigenvalue weighted by Crippen LogP contribution is -2.38. The predicted molar refractivity (Wildman–Crippen MR) is 75.9 cm³/mol. The summed E-state index contributed by atoms with van der Waals surface area (Å²) in [6.07, 6.45) is 2.07. The van der Waals surface area contributed by atoms with Gasteiger partial charge < -0.3 is 14.6 Å². The fraction of sp³-hybridized carbons (Fsp3) is 0.600. The molecule has 0 aliphatic carbocycles. The fourth-order valence-corrected chi connectivity index (χ4v) is 2.74. The number of aromatic nitrogens is 1. The van der Waals surface area contributed by atoms with Crippen molar-refractivity contribution in [3.8, 4) is 0 Å². The second-order valence-corrected chi connectivity index (χ2v) is 5.59. The number of likely N-dealkylation sites (tertiary alicyclic amines) is 1. The molecule has 1 saturated heterocycles. The molecule has 2 heterocycles. The smallest absolute Gasteiger partial charge is 0.339 e. The summed E-state index contributed by atoms with van der Waals surface area (Å²) in [5, 5.41) is 0. The zero-order valence-electron chi connectivity index (χ0n) is 12.6. The van der Waals surface area contributed by atoms with Gasteiger partial charge in [-0.2, -0.15) is 0 Å². The van der Waals surface area contributed by atoms with Crippen LogP contribution >= 0.6 is 0 Å². The number of rotatable bonds is 2. The molecule has 0 radical (unpaired) electrons. The second-order valence-electron chi connectivity index (χ2n) is 5.59. The van der Waals surface area contributed by atoms with Gasteiger partial charge in [0.05, 0.1) is 12.7 Å². The van der Waals surface area contributed by atoms with Crippen molar-refractivity contribution in [2.24, 2.45) is 5.92 Å². The summed E-state index contributed by atoms with van der Waals surface area (Å²) in [5.74, 6) is 0.256. The van der Waals surface area contributed by atoms with Gasteiger partial charge in [-0.05, 0) is 38.2 Å². The van der Waals surface area contributed by atoms with Crippen molar-refractivity contribution in [1.82, 2.24) is 9.88 Å².